The van der Waals surface area contributed by atoms with E-state index in [1.807, 2.05) is 0 Å². The average Bonchev–Trinajstić information content (AvgIpc) is 1.72. The predicted octanol–water partition coefficient (Wildman–Crippen LogP) is 2.10. The third-order valence-corrected chi connectivity index (χ3v) is 2.84. The summed E-state index contributed by atoms with van der Waals surface area (Å²) >= 11 is 0. The van der Waals surface area contributed by atoms with Gasteiger partial charge < -0.3 is 0 Å². The first kappa shape index (κ1) is 6.99. The lowest BCUT2D eigenvalue weighted by molar-refractivity contribution is 1.43. The second kappa shape index (κ2) is 4.16. The maximum Gasteiger partial charge on any atom is -0.0243 e. The van der Waals surface area contributed by atoms with Crippen LogP contribution in [0, 0.1) is 12.1 Å². The van der Waals surface area contributed by atoms with Crippen LogP contribution in [0.1, 0.15) is 13.8 Å². The summed E-state index contributed by atoms with van der Waals surface area (Å²) in [6.45, 7) is 4.30. The van der Waals surface area contributed by atoms with Crippen molar-refractivity contribution in [3.63, 3.8) is 0 Å². The van der Waals surface area contributed by atoms with Crippen molar-refractivity contribution in [3.8, 4) is 12.1 Å². The average molecular weight is 114 g/mol. The van der Waals surface area contributed by atoms with Crippen molar-refractivity contribution >= 4 is 7.92 Å². The van der Waals surface area contributed by atoms with E-state index in [1.54, 1.807) is 0 Å². The van der Waals surface area contributed by atoms with Gasteiger partial charge in [-0.05, 0) is 20.2 Å². The fourth-order valence-electron chi connectivity index (χ4n) is 0.406. The molecule has 0 unspecified atom stereocenters. The molecule has 0 amide bonds. The Morgan fingerprint density at radius 1 is 1.43 bits per heavy atom. The molecular formula is C6H11P. The van der Waals surface area contributed by atoms with Crippen LogP contribution < -0.4 is 0 Å². The first-order valence-electron chi connectivity index (χ1n) is 2.56. The van der Waals surface area contributed by atoms with Crippen molar-refractivity contribution in [2.75, 3.05) is 12.3 Å². The molecule has 0 aliphatic carbocycles. The fraction of sp³-hybridized carbons (Fsp3) is 0.667. The van der Waals surface area contributed by atoms with Crippen molar-refractivity contribution in [2.24, 2.45) is 0 Å². The number of hydrogen-bond donors (Lipinski definition) is 0. The van der Waals surface area contributed by atoms with E-state index in [2.05, 4.69) is 19.5 Å². The van der Waals surface area contributed by atoms with E-state index in [-0.39, 0.29) is 7.92 Å². The van der Waals surface area contributed by atoms with Gasteiger partial charge in [-0.2, -0.15) is 0 Å². The van der Waals surface area contributed by atoms with Gasteiger partial charge in [0, 0.05) is 0 Å². The summed E-state index contributed by atoms with van der Waals surface area (Å²) in [5, 5.41) is 0. The molecule has 0 saturated heterocycles. The van der Waals surface area contributed by atoms with Crippen molar-refractivity contribution in [3.05, 3.63) is 0 Å². The summed E-state index contributed by atoms with van der Waals surface area (Å²) in [5.41, 5.74) is 2.77. The largest absolute Gasteiger partial charge is 0.115 e. The van der Waals surface area contributed by atoms with Crippen LogP contribution in [0.2, 0.25) is 0 Å². The monoisotopic (exact) mass is 114 g/mol. The topological polar surface area (TPSA) is 0 Å². The minimum atomic E-state index is -0.0262. The molecule has 0 saturated carbocycles. The summed E-state index contributed by atoms with van der Waals surface area (Å²) in [6.07, 6.45) is 7.54. The van der Waals surface area contributed by atoms with Gasteiger partial charge in [-0.25, -0.2) is 0 Å². The lowest BCUT2D eigenvalue weighted by atomic mass is 11.0. The predicted molar refractivity (Wildman–Crippen MR) is 36.8 cm³/mol. The fourth-order valence-corrected chi connectivity index (χ4v) is 1.22. The van der Waals surface area contributed by atoms with E-state index < -0.39 is 0 Å². The highest BCUT2D eigenvalue weighted by Gasteiger charge is 1.92. The van der Waals surface area contributed by atoms with Gasteiger partial charge in [0.2, 0.25) is 0 Å². The van der Waals surface area contributed by atoms with Crippen LogP contribution in [0.3, 0.4) is 0 Å². The van der Waals surface area contributed by atoms with E-state index in [0.29, 0.717) is 0 Å². The molecule has 7 heavy (non-hydrogen) atoms. The van der Waals surface area contributed by atoms with Crippen LogP contribution in [0.15, 0.2) is 0 Å². The van der Waals surface area contributed by atoms with Crippen LogP contribution in [-0.4, -0.2) is 12.3 Å². The Morgan fingerprint density at radius 3 is 1.86 bits per heavy atom. The highest BCUT2D eigenvalue weighted by Crippen LogP contribution is 2.31. The molecular weight excluding hydrogens is 103 g/mol. The molecule has 0 radical (unpaired) electrons. The summed E-state index contributed by atoms with van der Waals surface area (Å²) in [7, 11) is -0.0262. The normalized spacial score (nSPS) is 8.86. The molecule has 0 aliphatic rings. The summed E-state index contributed by atoms with van der Waals surface area (Å²) < 4.78 is 0. The summed E-state index contributed by atoms with van der Waals surface area (Å²) in [4.78, 5) is 0. The van der Waals surface area contributed by atoms with Gasteiger partial charge in [0.05, 0.1) is 0 Å². The first-order chi connectivity index (χ1) is 3.35. The highest BCUT2D eigenvalue weighted by atomic mass is 31.1. The first-order valence-corrected chi connectivity index (χ1v) is 4.27. The molecule has 0 aromatic carbocycles. The molecule has 0 aromatic rings. The van der Waals surface area contributed by atoms with Crippen molar-refractivity contribution in [1.29, 1.82) is 0 Å². The molecule has 0 aromatic heterocycles. The minimum Gasteiger partial charge on any atom is -0.115 e. The van der Waals surface area contributed by atoms with Crippen molar-refractivity contribution < 1.29 is 0 Å². The summed E-state index contributed by atoms with van der Waals surface area (Å²) in [6, 6.07) is 0. The molecule has 0 fully saturated rings. The Labute approximate surface area is 47.1 Å². The van der Waals surface area contributed by atoms with Gasteiger partial charge in [-0.3, -0.25) is 0 Å². The molecule has 0 atom stereocenters. The zero-order valence-corrected chi connectivity index (χ0v) is 5.83. The van der Waals surface area contributed by atoms with Gasteiger partial charge >= 0.3 is 0 Å². The Bertz CT molecular complexity index is 66.7. The van der Waals surface area contributed by atoms with Crippen LogP contribution in [0.5, 0.6) is 0 Å². The lowest BCUT2D eigenvalue weighted by Crippen LogP contribution is -1.75. The Hall–Kier alpha value is -0.0100. The quantitative estimate of drug-likeness (QED) is 0.381. The molecule has 40 valence electrons. The molecule has 0 heterocycles. The van der Waals surface area contributed by atoms with E-state index in [4.69, 9.17) is 6.42 Å². The third kappa shape index (κ3) is 2.66. The van der Waals surface area contributed by atoms with Gasteiger partial charge in [-0.15, -0.1) is 6.42 Å². The van der Waals surface area contributed by atoms with Crippen molar-refractivity contribution in [1.82, 2.24) is 0 Å². The van der Waals surface area contributed by atoms with Crippen LogP contribution >= 0.6 is 7.92 Å². The summed E-state index contributed by atoms with van der Waals surface area (Å²) in [5.74, 6) is 0. The molecule has 0 rings (SSSR count). The lowest BCUT2D eigenvalue weighted by Gasteiger charge is -1.99. The SMILES string of the molecule is C#CP(CC)CC. The zero-order valence-electron chi connectivity index (χ0n) is 4.94. The highest BCUT2D eigenvalue weighted by molar-refractivity contribution is 7.62. The standard InChI is InChI=1S/C6H11P/c1-4-7(5-2)6-3/h1H,5-6H2,2-3H3. The molecule has 0 N–H and O–H groups in total. The molecule has 0 bridgehead atoms. The Morgan fingerprint density at radius 2 is 1.86 bits per heavy atom. The zero-order chi connectivity index (χ0) is 5.70. The van der Waals surface area contributed by atoms with E-state index in [9.17, 15) is 0 Å². The van der Waals surface area contributed by atoms with Crippen LogP contribution in [-0.2, 0) is 0 Å². The molecule has 1 heteroatoms. The molecule has 0 nitrogen and oxygen atoms in total. The smallest absolute Gasteiger partial charge is 0.0243 e. The third-order valence-electron chi connectivity index (χ3n) is 0.946. The maximum atomic E-state index is 5.17. The van der Waals surface area contributed by atoms with E-state index >= 15 is 0 Å². The van der Waals surface area contributed by atoms with Gasteiger partial charge in [0.25, 0.3) is 0 Å². The number of hydrogen-bond acceptors (Lipinski definition) is 0. The molecule has 0 spiro atoms. The minimum absolute atomic E-state index is 0.0262. The van der Waals surface area contributed by atoms with Crippen LogP contribution in [0.4, 0.5) is 0 Å². The number of terminal acetylenes is 1. The van der Waals surface area contributed by atoms with Gasteiger partial charge in [-0.1, -0.05) is 19.5 Å². The van der Waals surface area contributed by atoms with Crippen LogP contribution in [0.25, 0.3) is 0 Å². The van der Waals surface area contributed by atoms with E-state index in [0.717, 1.165) is 0 Å². The molecule has 0 aliphatic heterocycles. The Kier molecular flexibility index (Phi) is 4.15. The van der Waals surface area contributed by atoms with Crippen molar-refractivity contribution in [2.45, 2.75) is 13.8 Å². The van der Waals surface area contributed by atoms with Gasteiger partial charge in [0.15, 0.2) is 0 Å². The maximum absolute atomic E-state index is 5.17. The number of rotatable bonds is 2. The second-order valence-electron chi connectivity index (χ2n) is 1.30. The second-order valence-corrected chi connectivity index (χ2v) is 3.90. The Balaban J connectivity index is 3.23. The van der Waals surface area contributed by atoms with Gasteiger partial charge in [0.1, 0.15) is 0 Å². The van der Waals surface area contributed by atoms with E-state index in [1.165, 1.54) is 12.3 Å².